The van der Waals surface area contributed by atoms with E-state index in [2.05, 4.69) is 5.32 Å². The molecule has 2 atom stereocenters. The first-order valence-electron chi connectivity index (χ1n) is 11.1. The first kappa shape index (κ1) is 20.8. The second kappa shape index (κ2) is 7.48. The zero-order valence-corrected chi connectivity index (χ0v) is 18.3. The van der Waals surface area contributed by atoms with Crippen molar-refractivity contribution in [3.8, 4) is 0 Å². The summed E-state index contributed by atoms with van der Waals surface area (Å²) >= 11 is 0. The van der Waals surface area contributed by atoms with Crippen LogP contribution < -0.4 is 9.62 Å². The lowest BCUT2D eigenvalue weighted by molar-refractivity contribution is -0.167. The number of carbonyl (C=O) groups excluding carboxylic acids is 1. The quantitative estimate of drug-likeness (QED) is 0.716. The number of para-hydroxylation sites is 1. The van der Waals surface area contributed by atoms with E-state index in [1.165, 1.54) is 8.61 Å². The van der Waals surface area contributed by atoms with Gasteiger partial charge in [-0.2, -0.15) is 12.7 Å². The molecular weight excluding hydrogens is 418 g/mol. The van der Waals surface area contributed by atoms with Crippen molar-refractivity contribution in [1.82, 2.24) is 9.62 Å². The fourth-order valence-corrected chi connectivity index (χ4v) is 8.36. The highest BCUT2D eigenvalue weighted by Crippen LogP contribution is 2.60. The Labute approximate surface area is 182 Å². The van der Waals surface area contributed by atoms with Crippen LogP contribution in [0.3, 0.4) is 0 Å². The molecular formula is C22H29N3O5S. The SMILES string of the molecule is O=C(CN1CCCN(c2ccccc2)S1(=O)=O)NC1C2CC3CC1CC(C(=O)O)(C3)C2. The Hall–Kier alpha value is -2.13. The molecule has 1 aromatic carbocycles. The molecule has 1 saturated heterocycles. The van der Waals surface area contributed by atoms with Gasteiger partial charge in [-0.15, -0.1) is 0 Å². The Kier molecular flexibility index (Phi) is 5.01. The third-order valence-corrected chi connectivity index (χ3v) is 9.71. The summed E-state index contributed by atoms with van der Waals surface area (Å²) < 4.78 is 28.8. The molecule has 1 amide bonds. The smallest absolute Gasteiger partial charge is 0.309 e. The van der Waals surface area contributed by atoms with Gasteiger partial charge in [0, 0.05) is 19.1 Å². The van der Waals surface area contributed by atoms with Gasteiger partial charge in [0.15, 0.2) is 0 Å². The molecule has 5 fully saturated rings. The van der Waals surface area contributed by atoms with Crippen LogP contribution in [-0.4, -0.2) is 55.4 Å². The zero-order chi connectivity index (χ0) is 21.8. The lowest BCUT2D eigenvalue weighted by atomic mass is 9.48. The number of nitrogens with one attached hydrogen (secondary N) is 1. The van der Waals surface area contributed by atoms with Crippen LogP contribution in [0.25, 0.3) is 0 Å². The van der Waals surface area contributed by atoms with Crippen molar-refractivity contribution in [3.05, 3.63) is 30.3 Å². The molecule has 0 spiro atoms. The summed E-state index contributed by atoms with van der Waals surface area (Å²) in [7, 11) is -3.77. The molecule has 1 heterocycles. The maximum absolute atomic E-state index is 13.1. The summed E-state index contributed by atoms with van der Waals surface area (Å²) in [6.45, 7) is 0.520. The topological polar surface area (TPSA) is 107 Å². The number of carboxylic acids is 1. The molecule has 1 aromatic rings. The molecule has 2 N–H and O–H groups in total. The molecule has 6 rings (SSSR count). The Morgan fingerprint density at radius 2 is 1.74 bits per heavy atom. The minimum Gasteiger partial charge on any atom is -0.481 e. The lowest BCUT2D eigenvalue weighted by Gasteiger charge is -2.58. The van der Waals surface area contributed by atoms with E-state index < -0.39 is 21.6 Å². The standard InChI is InChI=1S/C22H29N3O5S/c26-19(14-24-7-4-8-25(31(24,29)30)18-5-2-1-3-6-18)23-20-16-9-15-10-17(20)13-22(11-15,12-16)21(27)28/h1-3,5-6,15-17,20H,4,7-14H2,(H,23,26)(H,27,28). The Bertz CT molecular complexity index is 966. The average molecular weight is 448 g/mol. The van der Waals surface area contributed by atoms with Crippen LogP contribution in [-0.2, 0) is 19.8 Å². The summed E-state index contributed by atoms with van der Waals surface area (Å²) in [5, 5.41) is 12.9. The second-order valence-electron chi connectivity index (χ2n) is 9.75. The predicted octanol–water partition coefficient (Wildman–Crippen LogP) is 1.84. The van der Waals surface area contributed by atoms with Gasteiger partial charge in [-0.05, 0) is 68.4 Å². The zero-order valence-electron chi connectivity index (χ0n) is 17.4. The summed E-state index contributed by atoms with van der Waals surface area (Å²) in [5.74, 6) is -0.212. The van der Waals surface area contributed by atoms with E-state index >= 15 is 0 Å². The molecule has 5 aliphatic rings. The molecule has 168 valence electrons. The van der Waals surface area contributed by atoms with Crippen LogP contribution in [0.5, 0.6) is 0 Å². The number of anilines is 1. The molecule has 9 heteroatoms. The van der Waals surface area contributed by atoms with Crippen LogP contribution in [0, 0.1) is 23.2 Å². The number of hydrogen-bond acceptors (Lipinski definition) is 4. The van der Waals surface area contributed by atoms with Gasteiger partial charge in [-0.3, -0.25) is 13.9 Å². The number of aliphatic carboxylic acids is 1. The Morgan fingerprint density at radius 3 is 2.39 bits per heavy atom. The van der Waals surface area contributed by atoms with Gasteiger partial charge in [-0.1, -0.05) is 18.2 Å². The monoisotopic (exact) mass is 447 g/mol. The van der Waals surface area contributed by atoms with E-state index in [1.54, 1.807) is 24.3 Å². The normalized spacial score (nSPS) is 36.3. The van der Waals surface area contributed by atoms with E-state index in [0.29, 0.717) is 44.0 Å². The summed E-state index contributed by atoms with van der Waals surface area (Å²) in [4.78, 5) is 24.8. The van der Waals surface area contributed by atoms with E-state index in [0.717, 1.165) is 19.3 Å². The molecule has 2 unspecified atom stereocenters. The molecule has 31 heavy (non-hydrogen) atoms. The molecule has 8 nitrogen and oxygen atoms in total. The highest BCUT2D eigenvalue weighted by atomic mass is 32.2. The average Bonchev–Trinajstić information content (AvgIpc) is 2.72. The van der Waals surface area contributed by atoms with E-state index in [4.69, 9.17) is 0 Å². The van der Waals surface area contributed by atoms with Crippen molar-refractivity contribution in [2.45, 2.75) is 44.6 Å². The summed E-state index contributed by atoms with van der Waals surface area (Å²) in [6, 6.07) is 8.90. The van der Waals surface area contributed by atoms with Gasteiger partial charge in [-0.25, -0.2) is 0 Å². The third kappa shape index (κ3) is 3.51. The number of benzene rings is 1. The van der Waals surface area contributed by atoms with Gasteiger partial charge in [0.25, 0.3) is 0 Å². The maximum Gasteiger partial charge on any atom is 0.309 e. The molecule has 4 aliphatic carbocycles. The highest BCUT2D eigenvalue weighted by Gasteiger charge is 2.59. The number of amides is 1. The summed E-state index contributed by atoms with van der Waals surface area (Å²) in [5.41, 5.74) is -0.0166. The number of nitrogens with zero attached hydrogens (tertiary/aromatic N) is 2. The van der Waals surface area contributed by atoms with E-state index in [-0.39, 0.29) is 30.3 Å². The summed E-state index contributed by atoms with van der Waals surface area (Å²) in [6.07, 6.45) is 4.56. The lowest BCUT2D eigenvalue weighted by Crippen LogP contribution is -2.62. The van der Waals surface area contributed by atoms with Crippen molar-refractivity contribution in [3.63, 3.8) is 0 Å². The van der Waals surface area contributed by atoms with E-state index in [9.17, 15) is 23.1 Å². The molecule has 0 aromatic heterocycles. The van der Waals surface area contributed by atoms with Gasteiger partial charge in [0.1, 0.15) is 0 Å². The Morgan fingerprint density at radius 1 is 1.06 bits per heavy atom. The van der Waals surface area contributed by atoms with Crippen molar-refractivity contribution >= 4 is 27.8 Å². The molecule has 1 aliphatic heterocycles. The van der Waals surface area contributed by atoms with Crippen LogP contribution in [0.2, 0.25) is 0 Å². The van der Waals surface area contributed by atoms with Gasteiger partial charge >= 0.3 is 16.2 Å². The first-order chi connectivity index (χ1) is 14.8. The molecule has 4 bridgehead atoms. The number of rotatable bonds is 5. The number of carbonyl (C=O) groups is 2. The van der Waals surface area contributed by atoms with Crippen molar-refractivity contribution in [2.24, 2.45) is 23.2 Å². The fraction of sp³-hybridized carbons (Fsp3) is 0.636. The predicted molar refractivity (Wildman–Crippen MR) is 114 cm³/mol. The highest BCUT2D eigenvalue weighted by molar-refractivity contribution is 7.90. The van der Waals surface area contributed by atoms with Gasteiger partial charge in [0.05, 0.1) is 17.6 Å². The van der Waals surface area contributed by atoms with Crippen molar-refractivity contribution in [2.75, 3.05) is 23.9 Å². The minimum atomic E-state index is -3.77. The maximum atomic E-state index is 13.1. The van der Waals surface area contributed by atoms with Crippen LogP contribution in [0.1, 0.15) is 38.5 Å². The Balaban J connectivity index is 1.27. The van der Waals surface area contributed by atoms with Crippen molar-refractivity contribution < 1.29 is 23.1 Å². The van der Waals surface area contributed by atoms with Crippen LogP contribution in [0.4, 0.5) is 5.69 Å². The largest absolute Gasteiger partial charge is 0.481 e. The van der Waals surface area contributed by atoms with E-state index in [1.807, 2.05) is 6.07 Å². The van der Waals surface area contributed by atoms with Gasteiger partial charge < -0.3 is 10.4 Å². The first-order valence-corrected chi connectivity index (χ1v) is 12.5. The molecule has 0 radical (unpaired) electrons. The minimum absolute atomic E-state index is 0.0470. The van der Waals surface area contributed by atoms with Gasteiger partial charge in [0.2, 0.25) is 5.91 Å². The van der Waals surface area contributed by atoms with Crippen LogP contribution in [0.15, 0.2) is 30.3 Å². The number of hydrogen-bond donors (Lipinski definition) is 2. The number of carboxylic acid groups (broad SMARTS) is 1. The third-order valence-electron chi connectivity index (χ3n) is 7.79. The fourth-order valence-electron chi connectivity index (χ4n) is 6.69. The van der Waals surface area contributed by atoms with Crippen molar-refractivity contribution in [1.29, 1.82) is 0 Å². The van der Waals surface area contributed by atoms with Crippen LogP contribution >= 0.6 is 0 Å². The molecule has 4 saturated carbocycles. The second-order valence-corrected chi connectivity index (χ2v) is 11.6.